The summed E-state index contributed by atoms with van der Waals surface area (Å²) in [4.78, 5) is 1.79. The van der Waals surface area contributed by atoms with E-state index in [9.17, 15) is 10.2 Å². The van der Waals surface area contributed by atoms with Crippen LogP contribution in [0.3, 0.4) is 0 Å². The molecule has 0 saturated heterocycles. The Morgan fingerprint density at radius 3 is 1.79 bits per heavy atom. The van der Waals surface area contributed by atoms with Gasteiger partial charge in [0.25, 0.3) is 0 Å². The van der Waals surface area contributed by atoms with Crippen molar-refractivity contribution in [2.24, 2.45) is 0 Å². The summed E-state index contributed by atoms with van der Waals surface area (Å²) in [5.74, 6) is 0. The molecule has 2 unspecified atom stereocenters. The van der Waals surface area contributed by atoms with E-state index in [1.807, 2.05) is 13.8 Å². The fourth-order valence-corrected chi connectivity index (χ4v) is 1.51. The smallest absolute Gasteiger partial charge is 0.109 e. The van der Waals surface area contributed by atoms with Gasteiger partial charge in [-0.2, -0.15) is 0 Å². The quantitative estimate of drug-likeness (QED) is 0.468. The maximum absolute atomic E-state index is 9.68. The third-order valence-electron chi connectivity index (χ3n) is 2.52. The molecule has 0 heterocycles. The number of aliphatic hydroxyl groups is 2. The summed E-state index contributed by atoms with van der Waals surface area (Å²) in [6.45, 7) is 6.80. The fourth-order valence-electron chi connectivity index (χ4n) is 1.51. The molecule has 0 fully saturated rings. The second-order valence-corrected chi connectivity index (χ2v) is 3.72. The van der Waals surface area contributed by atoms with E-state index >= 15 is 0 Å². The van der Waals surface area contributed by atoms with Gasteiger partial charge in [-0.3, -0.25) is 4.90 Å². The molecule has 14 heavy (non-hydrogen) atoms. The highest BCUT2D eigenvalue weighted by Gasteiger charge is 2.19. The highest BCUT2D eigenvalue weighted by atomic mass is 16.3. The monoisotopic (exact) mass is 203 g/mol. The summed E-state index contributed by atoms with van der Waals surface area (Å²) < 4.78 is 0. The lowest BCUT2D eigenvalue weighted by molar-refractivity contribution is -0.104. The summed E-state index contributed by atoms with van der Waals surface area (Å²) in [5, 5.41) is 19.4. The third kappa shape index (κ3) is 4.94. The molecule has 0 rings (SSSR count). The van der Waals surface area contributed by atoms with Crippen LogP contribution >= 0.6 is 0 Å². The second kappa shape index (κ2) is 8.21. The Balaban J connectivity index is 3.97. The minimum absolute atomic E-state index is 0.498. The van der Waals surface area contributed by atoms with Crippen LogP contribution in [0, 0.1) is 0 Å². The molecule has 0 aliphatic rings. The minimum atomic E-state index is -0.498. The van der Waals surface area contributed by atoms with Crippen molar-refractivity contribution < 1.29 is 10.2 Å². The largest absolute Gasteiger partial charge is 0.378 e. The maximum Gasteiger partial charge on any atom is 0.109 e. The predicted octanol–water partition coefficient (Wildman–Crippen LogP) is 1.94. The van der Waals surface area contributed by atoms with Crippen molar-refractivity contribution in [3.8, 4) is 0 Å². The van der Waals surface area contributed by atoms with Gasteiger partial charge in [-0.1, -0.05) is 33.6 Å². The minimum Gasteiger partial charge on any atom is -0.378 e. The Kier molecular flexibility index (Phi) is 8.14. The molecule has 0 saturated carbocycles. The number of aliphatic hydroxyl groups excluding tert-OH is 2. The van der Waals surface area contributed by atoms with Gasteiger partial charge in [0, 0.05) is 6.54 Å². The van der Waals surface area contributed by atoms with Gasteiger partial charge in [-0.05, 0) is 19.3 Å². The Morgan fingerprint density at radius 1 is 0.929 bits per heavy atom. The molecule has 0 amide bonds. The summed E-state index contributed by atoms with van der Waals surface area (Å²) in [5.41, 5.74) is 0. The topological polar surface area (TPSA) is 43.7 Å². The van der Waals surface area contributed by atoms with Crippen LogP contribution < -0.4 is 0 Å². The molecule has 0 radical (unpaired) electrons. The van der Waals surface area contributed by atoms with Gasteiger partial charge in [0.05, 0.1) is 0 Å². The first-order chi connectivity index (χ1) is 6.67. The van der Waals surface area contributed by atoms with Gasteiger partial charge < -0.3 is 10.2 Å². The second-order valence-electron chi connectivity index (χ2n) is 3.72. The van der Waals surface area contributed by atoms with E-state index < -0.39 is 12.5 Å². The molecule has 2 N–H and O–H groups in total. The molecule has 0 spiro atoms. The molecule has 86 valence electrons. The summed E-state index contributed by atoms with van der Waals surface area (Å²) >= 11 is 0. The van der Waals surface area contributed by atoms with E-state index in [1.54, 1.807) is 4.90 Å². The Hall–Kier alpha value is -0.120. The Bertz CT molecular complexity index is 120. The molecular weight excluding hydrogens is 178 g/mol. The fraction of sp³-hybridized carbons (Fsp3) is 1.00. The first-order valence-corrected chi connectivity index (χ1v) is 5.79. The zero-order chi connectivity index (χ0) is 11.0. The number of hydrogen-bond acceptors (Lipinski definition) is 3. The number of unbranched alkanes of at least 4 members (excludes halogenated alkanes) is 2. The first-order valence-electron chi connectivity index (χ1n) is 5.79. The van der Waals surface area contributed by atoms with Gasteiger partial charge >= 0.3 is 0 Å². The standard InChI is InChI=1S/C11H25NO2/c1-4-7-8-9-12(10(13)5-2)11(14)6-3/h10-11,13-14H,4-9H2,1-3H3. The van der Waals surface area contributed by atoms with E-state index in [0.717, 1.165) is 25.8 Å². The zero-order valence-corrected chi connectivity index (χ0v) is 9.74. The van der Waals surface area contributed by atoms with Crippen molar-refractivity contribution in [2.75, 3.05) is 6.54 Å². The van der Waals surface area contributed by atoms with Crippen LogP contribution in [0.25, 0.3) is 0 Å². The van der Waals surface area contributed by atoms with Gasteiger partial charge in [0.1, 0.15) is 12.5 Å². The van der Waals surface area contributed by atoms with Gasteiger partial charge in [-0.15, -0.1) is 0 Å². The normalized spacial score (nSPS) is 15.9. The van der Waals surface area contributed by atoms with Crippen LogP contribution in [0.1, 0.15) is 52.9 Å². The van der Waals surface area contributed by atoms with Crippen LogP contribution in [0.5, 0.6) is 0 Å². The van der Waals surface area contributed by atoms with E-state index in [-0.39, 0.29) is 0 Å². The summed E-state index contributed by atoms with van der Waals surface area (Å²) in [6, 6.07) is 0. The van der Waals surface area contributed by atoms with E-state index in [4.69, 9.17) is 0 Å². The van der Waals surface area contributed by atoms with Gasteiger partial charge in [-0.25, -0.2) is 0 Å². The van der Waals surface area contributed by atoms with Gasteiger partial charge in [0.15, 0.2) is 0 Å². The molecule has 0 aliphatic carbocycles. The van der Waals surface area contributed by atoms with Crippen LogP contribution in [-0.2, 0) is 0 Å². The van der Waals surface area contributed by atoms with Gasteiger partial charge in [0.2, 0.25) is 0 Å². The number of rotatable bonds is 8. The molecule has 3 heteroatoms. The lowest BCUT2D eigenvalue weighted by Gasteiger charge is -2.31. The average Bonchev–Trinajstić information content (AvgIpc) is 2.22. The van der Waals surface area contributed by atoms with E-state index in [2.05, 4.69) is 6.92 Å². The first kappa shape index (κ1) is 13.9. The molecule has 0 aromatic heterocycles. The summed E-state index contributed by atoms with van der Waals surface area (Å²) in [7, 11) is 0. The van der Waals surface area contributed by atoms with Crippen molar-refractivity contribution in [1.82, 2.24) is 4.90 Å². The molecule has 0 aliphatic heterocycles. The Labute approximate surface area is 87.7 Å². The van der Waals surface area contributed by atoms with E-state index in [1.165, 1.54) is 0 Å². The molecule has 2 atom stereocenters. The van der Waals surface area contributed by atoms with E-state index in [0.29, 0.717) is 12.8 Å². The zero-order valence-electron chi connectivity index (χ0n) is 9.74. The number of hydrogen-bond donors (Lipinski definition) is 2. The lowest BCUT2D eigenvalue weighted by Crippen LogP contribution is -2.43. The number of nitrogens with zero attached hydrogens (tertiary/aromatic N) is 1. The van der Waals surface area contributed by atoms with Crippen molar-refractivity contribution in [3.05, 3.63) is 0 Å². The molecular formula is C11H25NO2. The van der Waals surface area contributed by atoms with Crippen LogP contribution in [-0.4, -0.2) is 34.1 Å². The van der Waals surface area contributed by atoms with Crippen LogP contribution in [0.2, 0.25) is 0 Å². The molecule has 3 nitrogen and oxygen atoms in total. The molecule has 0 aromatic carbocycles. The van der Waals surface area contributed by atoms with Crippen LogP contribution in [0.15, 0.2) is 0 Å². The Morgan fingerprint density at radius 2 is 1.43 bits per heavy atom. The average molecular weight is 203 g/mol. The molecule has 0 aromatic rings. The third-order valence-corrected chi connectivity index (χ3v) is 2.52. The highest BCUT2D eigenvalue weighted by Crippen LogP contribution is 2.10. The molecule has 0 bridgehead atoms. The van der Waals surface area contributed by atoms with Crippen molar-refractivity contribution in [3.63, 3.8) is 0 Å². The SMILES string of the molecule is CCCCCN(C(O)CC)C(O)CC. The summed E-state index contributed by atoms with van der Waals surface area (Å²) in [6.07, 6.45) is 3.71. The van der Waals surface area contributed by atoms with Crippen molar-refractivity contribution in [2.45, 2.75) is 65.3 Å². The highest BCUT2D eigenvalue weighted by molar-refractivity contribution is 4.63. The van der Waals surface area contributed by atoms with Crippen molar-refractivity contribution >= 4 is 0 Å². The predicted molar refractivity (Wildman–Crippen MR) is 58.8 cm³/mol. The van der Waals surface area contributed by atoms with Crippen LogP contribution in [0.4, 0.5) is 0 Å². The van der Waals surface area contributed by atoms with Crippen molar-refractivity contribution in [1.29, 1.82) is 0 Å². The lowest BCUT2D eigenvalue weighted by atomic mass is 10.2. The maximum atomic E-state index is 9.68.